The van der Waals surface area contributed by atoms with Crippen molar-refractivity contribution in [2.75, 3.05) is 13.7 Å². The Kier molecular flexibility index (Phi) is 5.73. The van der Waals surface area contributed by atoms with Crippen molar-refractivity contribution in [1.29, 1.82) is 0 Å². The van der Waals surface area contributed by atoms with Gasteiger partial charge in [0.05, 0.1) is 6.61 Å². The summed E-state index contributed by atoms with van der Waals surface area (Å²) in [6.45, 7) is 2.39. The van der Waals surface area contributed by atoms with E-state index in [-0.39, 0.29) is 11.9 Å². The van der Waals surface area contributed by atoms with E-state index in [0.717, 1.165) is 5.56 Å². The average molecular weight is 254 g/mol. The molecule has 0 aromatic heterocycles. The lowest BCUT2D eigenvalue weighted by Gasteiger charge is -2.10. The Morgan fingerprint density at radius 3 is 2.71 bits per heavy atom. The molecule has 0 saturated heterocycles. The van der Waals surface area contributed by atoms with Crippen molar-refractivity contribution in [2.45, 2.75) is 13.0 Å². The Morgan fingerprint density at radius 2 is 2.12 bits per heavy atom. The SMILES string of the molecule is COCC(C)NC(=O)/C=C/c1ccc(Cl)cc1. The quantitative estimate of drug-likeness (QED) is 0.819. The predicted octanol–water partition coefficient (Wildman–Crippen LogP) is 2.50. The first kappa shape index (κ1) is 13.7. The second kappa shape index (κ2) is 7.09. The fourth-order valence-corrected chi connectivity index (χ4v) is 1.45. The van der Waals surface area contributed by atoms with Gasteiger partial charge in [0.15, 0.2) is 0 Å². The van der Waals surface area contributed by atoms with Gasteiger partial charge in [-0.25, -0.2) is 0 Å². The van der Waals surface area contributed by atoms with Crippen molar-refractivity contribution in [3.63, 3.8) is 0 Å². The van der Waals surface area contributed by atoms with Gasteiger partial charge in [-0.15, -0.1) is 0 Å². The lowest BCUT2D eigenvalue weighted by molar-refractivity contribution is -0.117. The second-order valence-electron chi connectivity index (χ2n) is 3.75. The van der Waals surface area contributed by atoms with E-state index in [1.165, 1.54) is 6.08 Å². The molecule has 92 valence electrons. The molecule has 0 aliphatic heterocycles. The van der Waals surface area contributed by atoms with Crippen LogP contribution in [0.2, 0.25) is 5.02 Å². The number of hydrogen-bond donors (Lipinski definition) is 1. The third-order valence-corrected chi connectivity index (χ3v) is 2.35. The molecule has 3 nitrogen and oxygen atoms in total. The summed E-state index contributed by atoms with van der Waals surface area (Å²) in [6.07, 6.45) is 3.24. The van der Waals surface area contributed by atoms with Crippen LogP contribution in [0.3, 0.4) is 0 Å². The number of halogens is 1. The molecule has 0 heterocycles. The molecule has 1 amide bonds. The molecule has 1 rings (SSSR count). The Balaban J connectivity index is 2.47. The fourth-order valence-electron chi connectivity index (χ4n) is 1.33. The number of benzene rings is 1. The monoisotopic (exact) mass is 253 g/mol. The van der Waals surface area contributed by atoms with Gasteiger partial charge < -0.3 is 10.1 Å². The minimum atomic E-state index is -0.135. The minimum absolute atomic E-state index is 0.00219. The standard InChI is InChI=1S/C13H16ClNO2/c1-10(9-17-2)15-13(16)8-5-11-3-6-12(14)7-4-11/h3-8,10H,9H2,1-2H3,(H,15,16)/b8-5+. The number of ether oxygens (including phenoxy) is 1. The van der Waals surface area contributed by atoms with Crippen molar-refractivity contribution in [1.82, 2.24) is 5.32 Å². The number of rotatable bonds is 5. The highest BCUT2D eigenvalue weighted by Gasteiger charge is 2.02. The van der Waals surface area contributed by atoms with Crippen LogP contribution in [0.15, 0.2) is 30.3 Å². The van der Waals surface area contributed by atoms with Crippen molar-refractivity contribution in [3.8, 4) is 0 Å². The molecule has 1 N–H and O–H groups in total. The van der Waals surface area contributed by atoms with Crippen LogP contribution < -0.4 is 5.32 Å². The minimum Gasteiger partial charge on any atom is -0.383 e. The van der Waals surface area contributed by atoms with Crippen LogP contribution in [0.5, 0.6) is 0 Å². The Labute approximate surface area is 106 Å². The Hall–Kier alpha value is -1.32. The number of nitrogens with one attached hydrogen (secondary N) is 1. The van der Waals surface area contributed by atoms with Gasteiger partial charge in [-0.3, -0.25) is 4.79 Å². The highest BCUT2D eigenvalue weighted by atomic mass is 35.5. The highest BCUT2D eigenvalue weighted by Crippen LogP contribution is 2.10. The summed E-state index contributed by atoms with van der Waals surface area (Å²) in [4.78, 5) is 11.5. The molecule has 0 spiro atoms. The molecule has 1 atom stereocenters. The molecule has 0 saturated carbocycles. The first-order valence-electron chi connectivity index (χ1n) is 5.35. The van der Waals surface area contributed by atoms with E-state index < -0.39 is 0 Å². The number of carbonyl (C=O) groups excluding carboxylic acids is 1. The average Bonchev–Trinajstić information content (AvgIpc) is 2.28. The first-order valence-corrected chi connectivity index (χ1v) is 5.72. The molecule has 4 heteroatoms. The van der Waals surface area contributed by atoms with Crippen LogP contribution >= 0.6 is 11.6 Å². The lowest BCUT2D eigenvalue weighted by Crippen LogP contribution is -2.34. The van der Waals surface area contributed by atoms with E-state index in [0.29, 0.717) is 11.6 Å². The van der Waals surface area contributed by atoms with Gasteiger partial charge >= 0.3 is 0 Å². The third kappa shape index (κ3) is 5.52. The molecule has 0 bridgehead atoms. The Bertz CT molecular complexity index is 387. The summed E-state index contributed by atoms with van der Waals surface area (Å²) in [6, 6.07) is 7.27. The van der Waals surface area contributed by atoms with Gasteiger partial charge in [-0.1, -0.05) is 23.7 Å². The number of carbonyl (C=O) groups is 1. The Morgan fingerprint density at radius 1 is 1.47 bits per heavy atom. The number of amides is 1. The van der Waals surface area contributed by atoms with Gasteiger partial charge in [0.1, 0.15) is 0 Å². The maximum atomic E-state index is 11.5. The van der Waals surface area contributed by atoms with E-state index in [9.17, 15) is 4.79 Å². The first-order chi connectivity index (χ1) is 8.11. The normalized spacial score (nSPS) is 12.6. The van der Waals surface area contributed by atoms with Gasteiger partial charge in [0.2, 0.25) is 5.91 Å². The largest absolute Gasteiger partial charge is 0.383 e. The zero-order valence-electron chi connectivity index (χ0n) is 9.94. The molecule has 1 aromatic carbocycles. The van der Waals surface area contributed by atoms with Gasteiger partial charge in [-0.05, 0) is 30.7 Å². The molecule has 0 aliphatic carbocycles. The van der Waals surface area contributed by atoms with Crippen LogP contribution in [0.1, 0.15) is 12.5 Å². The molecule has 1 aromatic rings. The zero-order valence-corrected chi connectivity index (χ0v) is 10.7. The van der Waals surface area contributed by atoms with Crippen molar-refractivity contribution in [2.24, 2.45) is 0 Å². The van der Waals surface area contributed by atoms with E-state index >= 15 is 0 Å². The maximum absolute atomic E-state index is 11.5. The fraction of sp³-hybridized carbons (Fsp3) is 0.308. The van der Waals surface area contributed by atoms with Crippen LogP contribution in [-0.2, 0) is 9.53 Å². The van der Waals surface area contributed by atoms with Gasteiger partial charge in [-0.2, -0.15) is 0 Å². The van der Waals surface area contributed by atoms with Crippen molar-refractivity contribution in [3.05, 3.63) is 40.9 Å². The van der Waals surface area contributed by atoms with Crippen LogP contribution in [0, 0.1) is 0 Å². The molecular weight excluding hydrogens is 238 g/mol. The van der Waals surface area contributed by atoms with Crippen LogP contribution in [-0.4, -0.2) is 25.7 Å². The summed E-state index contributed by atoms with van der Waals surface area (Å²) in [7, 11) is 1.60. The summed E-state index contributed by atoms with van der Waals surface area (Å²) in [5.41, 5.74) is 0.934. The topological polar surface area (TPSA) is 38.3 Å². The van der Waals surface area contributed by atoms with Crippen LogP contribution in [0.25, 0.3) is 6.08 Å². The summed E-state index contributed by atoms with van der Waals surface area (Å²) < 4.78 is 4.93. The molecule has 0 radical (unpaired) electrons. The highest BCUT2D eigenvalue weighted by molar-refractivity contribution is 6.30. The van der Waals surface area contributed by atoms with E-state index in [1.807, 2.05) is 19.1 Å². The molecule has 0 aliphatic rings. The smallest absolute Gasteiger partial charge is 0.244 e. The predicted molar refractivity (Wildman–Crippen MR) is 70.0 cm³/mol. The third-order valence-electron chi connectivity index (χ3n) is 2.10. The van der Waals surface area contributed by atoms with E-state index in [4.69, 9.17) is 16.3 Å². The van der Waals surface area contributed by atoms with Gasteiger partial charge in [0.25, 0.3) is 0 Å². The summed E-state index contributed by atoms with van der Waals surface area (Å²) in [5, 5.41) is 3.47. The molecular formula is C13H16ClNO2. The van der Waals surface area contributed by atoms with Gasteiger partial charge in [0, 0.05) is 24.3 Å². The number of methoxy groups -OCH3 is 1. The number of hydrogen-bond acceptors (Lipinski definition) is 2. The van der Waals surface area contributed by atoms with Crippen molar-refractivity contribution >= 4 is 23.6 Å². The zero-order chi connectivity index (χ0) is 12.7. The lowest BCUT2D eigenvalue weighted by atomic mass is 10.2. The van der Waals surface area contributed by atoms with Crippen LogP contribution in [0.4, 0.5) is 0 Å². The second-order valence-corrected chi connectivity index (χ2v) is 4.19. The molecule has 0 fully saturated rings. The van der Waals surface area contributed by atoms with Crippen molar-refractivity contribution < 1.29 is 9.53 Å². The summed E-state index contributed by atoms with van der Waals surface area (Å²) >= 11 is 5.76. The van der Waals surface area contributed by atoms with E-state index in [2.05, 4.69) is 5.32 Å². The summed E-state index contributed by atoms with van der Waals surface area (Å²) in [5.74, 6) is -0.135. The van der Waals surface area contributed by atoms with E-state index in [1.54, 1.807) is 25.3 Å². The maximum Gasteiger partial charge on any atom is 0.244 e. The molecule has 1 unspecified atom stereocenters. The molecule has 17 heavy (non-hydrogen) atoms.